The SMILES string of the molecule is COc1ccc(C)cc1-n1c(C)cc(/C=C(/C#N)C(=O)Nc2nc(S(=O)(=O)C(C)C)ns2)c1C. The van der Waals surface area contributed by atoms with E-state index < -0.39 is 21.0 Å². The van der Waals surface area contributed by atoms with E-state index in [1.54, 1.807) is 7.11 Å². The molecule has 3 rings (SSSR count). The fraction of sp³-hybridized carbons (Fsp3) is 0.304. The predicted octanol–water partition coefficient (Wildman–Crippen LogP) is 3.99. The van der Waals surface area contributed by atoms with E-state index in [9.17, 15) is 18.5 Å². The van der Waals surface area contributed by atoms with E-state index in [4.69, 9.17) is 4.74 Å². The van der Waals surface area contributed by atoms with Crippen LogP contribution in [0.1, 0.15) is 36.4 Å². The van der Waals surface area contributed by atoms with Crippen LogP contribution < -0.4 is 10.1 Å². The van der Waals surface area contributed by atoms with Crippen molar-refractivity contribution in [3.63, 3.8) is 0 Å². The highest BCUT2D eigenvalue weighted by Gasteiger charge is 2.25. The smallest absolute Gasteiger partial charge is 0.268 e. The lowest BCUT2D eigenvalue weighted by Crippen LogP contribution is -2.16. The Kier molecular flexibility index (Phi) is 7.24. The molecule has 0 fully saturated rings. The van der Waals surface area contributed by atoms with E-state index in [0.29, 0.717) is 11.3 Å². The third-order valence-electron chi connectivity index (χ3n) is 5.21. The average Bonchev–Trinajstić information content (AvgIpc) is 3.36. The van der Waals surface area contributed by atoms with Crippen LogP contribution in [-0.4, -0.2) is 40.6 Å². The number of ether oxygens (including phenoxy) is 1. The molecule has 0 radical (unpaired) electrons. The van der Waals surface area contributed by atoms with Crippen LogP contribution in [0.4, 0.5) is 5.13 Å². The molecular weight excluding hydrogens is 474 g/mol. The minimum atomic E-state index is -3.66. The maximum Gasteiger partial charge on any atom is 0.268 e. The van der Waals surface area contributed by atoms with Crippen LogP contribution >= 0.6 is 11.5 Å². The van der Waals surface area contributed by atoms with Crippen molar-refractivity contribution in [2.24, 2.45) is 0 Å². The lowest BCUT2D eigenvalue weighted by Gasteiger charge is -2.14. The lowest BCUT2D eigenvalue weighted by molar-refractivity contribution is -0.112. The van der Waals surface area contributed by atoms with Gasteiger partial charge in [-0.3, -0.25) is 10.1 Å². The molecule has 0 spiro atoms. The molecule has 1 aromatic carbocycles. The molecule has 3 aromatic rings. The molecule has 0 saturated carbocycles. The van der Waals surface area contributed by atoms with E-state index in [1.165, 1.54) is 19.9 Å². The third kappa shape index (κ3) is 4.88. The quantitative estimate of drug-likeness (QED) is 0.385. The van der Waals surface area contributed by atoms with Crippen molar-refractivity contribution < 1.29 is 17.9 Å². The second-order valence-corrected chi connectivity index (χ2v) is 11.1. The average molecular weight is 500 g/mol. The van der Waals surface area contributed by atoms with Crippen molar-refractivity contribution in [1.82, 2.24) is 13.9 Å². The highest BCUT2D eigenvalue weighted by Crippen LogP contribution is 2.30. The van der Waals surface area contributed by atoms with Gasteiger partial charge in [0.05, 0.1) is 18.0 Å². The number of methoxy groups -OCH3 is 1. The Morgan fingerprint density at radius 3 is 2.59 bits per heavy atom. The van der Waals surface area contributed by atoms with E-state index in [-0.39, 0.29) is 15.9 Å². The first-order valence-electron chi connectivity index (χ1n) is 10.3. The molecule has 2 aromatic heterocycles. The summed E-state index contributed by atoms with van der Waals surface area (Å²) in [6.07, 6.45) is 1.49. The summed E-state index contributed by atoms with van der Waals surface area (Å²) >= 11 is 0.742. The molecule has 178 valence electrons. The van der Waals surface area contributed by atoms with Gasteiger partial charge in [-0.2, -0.15) is 14.6 Å². The van der Waals surface area contributed by atoms with Gasteiger partial charge in [0, 0.05) is 22.9 Å². The van der Waals surface area contributed by atoms with Crippen molar-refractivity contribution in [3.05, 3.63) is 52.4 Å². The molecule has 1 N–H and O–H groups in total. The highest BCUT2D eigenvalue weighted by molar-refractivity contribution is 7.91. The third-order valence-corrected chi connectivity index (χ3v) is 7.89. The molecule has 1 amide bonds. The van der Waals surface area contributed by atoms with Gasteiger partial charge in [-0.15, -0.1) is 0 Å². The van der Waals surface area contributed by atoms with Gasteiger partial charge in [0.15, 0.2) is 0 Å². The molecule has 0 bridgehead atoms. The second kappa shape index (κ2) is 9.79. The molecule has 0 saturated heterocycles. The van der Waals surface area contributed by atoms with Crippen molar-refractivity contribution >= 4 is 38.5 Å². The molecule has 0 aliphatic carbocycles. The van der Waals surface area contributed by atoms with Crippen LogP contribution in [-0.2, 0) is 14.6 Å². The standard InChI is InChI=1S/C23H25N5O4S2/c1-13(2)34(30,31)23-26-22(33-27-23)25-21(29)18(12-24)11-17-10-15(4)28(16(17)5)19-9-14(3)7-8-20(19)32-6/h7-11,13H,1-6H3,(H,25,26,27,29)/b18-11-. The molecule has 34 heavy (non-hydrogen) atoms. The maximum atomic E-state index is 12.7. The summed E-state index contributed by atoms with van der Waals surface area (Å²) in [5.74, 6) is -0.00492. The Bertz CT molecular complexity index is 1430. The molecule has 9 nitrogen and oxygen atoms in total. The summed E-state index contributed by atoms with van der Waals surface area (Å²) < 4.78 is 35.8. The van der Waals surface area contributed by atoms with Crippen LogP contribution in [0.2, 0.25) is 0 Å². The Morgan fingerprint density at radius 2 is 1.97 bits per heavy atom. The summed E-state index contributed by atoms with van der Waals surface area (Å²) in [6, 6.07) is 9.63. The van der Waals surface area contributed by atoms with Crippen molar-refractivity contribution in [1.29, 1.82) is 5.26 Å². The fourth-order valence-electron chi connectivity index (χ4n) is 3.33. The predicted molar refractivity (Wildman–Crippen MR) is 131 cm³/mol. The normalized spacial score (nSPS) is 12.0. The number of carbonyl (C=O) groups excluding carboxylic acids is 1. The number of hydrogen-bond donors (Lipinski definition) is 1. The summed E-state index contributed by atoms with van der Waals surface area (Å²) in [7, 11) is -2.06. The number of nitrogens with one attached hydrogen (secondary N) is 1. The molecule has 0 atom stereocenters. The van der Waals surface area contributed by atoms with Gasteiger partial charge in [0.25, 0.3) is 11.1 Å². The summed E-state index contributed by atoms with van der Waals surface area (Å²) in [5, 5.41) is 11.0. The van der Waals surface area contributed by atoms with Crippen molar-refractivity contribution in [3.8, 4) is 17.5 Å². The molecule has 0 aliphatic rings. The van der Waals surface area contributed by atoms with Crippen LogP contribution in [0, 0.1) is 32.1 Å². The van der Waals surface area contributed by atoms with Gasteiger partial charge in [0.2, 0.25) is 15.0 Å². The Morgan fingerprint density at radius 1 is 1.26 bits per heavy atom. The Labute approximate surface area is 202 Å². The van der Waals surface area contributed by atoms with Gasteiger partial charge in [0.1, 0.15) is 17.4 Å². The van der Waals surface area contributed by atoms with E-state index in [1.807, 2.05) is 55.7 Å². The summed E-state index contributed by atoms with van der Waals surface area (Å²) in [6.45, 7) is 8.85. The van der Waals surface area contributed by atoms with Crippen LogP contribution in [0.3, 0.4) is 0 Å². The zero-order chi connectivity index (χ0) is 25.2. The molecule has 11 heteroatoms. The second-order valence-electron chi connectivity index (χ2n) is 7.94. The van der Waals surface area contributed by atoms with Gasteiger partial charge < -0.3 is 9.30 Å². The van der Waals surface area contributed by atoms with Gasteiger partial charge in [-0.25, -0.2) is 8.42 Å². The molecule has 2 heterocycles. The first kappa shape index (κ1) is 25.1. The number of hydrogen-bond acceptors (Lipinski definition) is 8. The largest absolute Gasteiger partial charge is 0.495 e. The van der Waals surface area contributed by atoms with Gasteiger partial charge in [-0.1, -0.05) is 6.07 Å². The monoisotopic (exact) mass is 499 g/mol. The summed E-state index contributed by atoms with van der Waals surface area (Å²) in [4.78, 5) is 16.6. The number of nitrogens with zero attached hydrogens (tertiary/aromatic N) is 4. The zero-order valence-electron chi connectivity index (χ0n) is 19.7. The number of nitriles is 1. The molecule has 0 unspecified atom stereocenters. The number of benzene rings is 1. The first-order chi connectivity index (χ1) is 16.0. The topological polar surface area (TPSA) is 127 Å². The highest BCUT2D eigenvalue weighted by atomic mass is 32.2. The lowest BCUT2D eigenvalue weighted by atomic mass is 10.1. The minimum Gasteiger partial charge on any atom is -0.495 e. The van der Waals surface area contributed by atoms with Gasteiger partial charge >= 0.3 is 0 Å². The number of rotatable bonds is 7. The van der Waals surface area contributed by atoms with Crippen LogP contribution in [0.5, 0.6) is 5.75 Å². The molecule has 0 aliphatic heterocycles. The number of carbonyl (C=O) groups is 1. The van der Waals surface area contributed by atoms with Gasteiger partial charge in [-0.05, 0) is 70.0 Å². The maximum absolute atomic E-state index is 12.7. The summed E-state index contributed by atoms with van der Waals surface area (Å²) in [5.41, 5.74) is 4.18. The van der Waals surface area contributed by atoms with Crippen LogP contribution in [0.15, 0.2) is 35.0 Å². The van der Waals surface area contributed by atoms with E-state index in [2.05, 4.69) is 14.7 Å². The van der Waals surface area contributed by atoms with E-state index >= 15 is 0 Å². The number of amides is 1. The minimum absolute atomic E-state index is 0.000319. The fourth-order valence-corrected chi connectivity index (χ4v) is 5.03. The first-order valence-corrected chi connectivity index (χ1v) is 12.7. The molecular formula is C23H25N5O4S2. The Balaban J connectivity index is 1.93. The van der Waals surface area contributed by atoms with Crippen molar-refractivity contribution in [2.45, 2.75) is 45.0 Å². The van der Waals surface area contributed by atoms with E-state index in [0.717, 1.165) is 34.2 Å². The number of sulfone groups is 1. The van der Waals surface area contributed by atoms with Crippen LogP contribution in [0.25, 0.3) is 11.8 Å². The number of aromatic nitrogens is 3. The number of aryl methyl sites for hydroxylation is 2. The van der Waals surface area contributed by atoms with Crippen molar-refractivity contribution in [2.75, 3.05) is 12.4 Å². The zero-order valence-corrected chi connectivity index (χ0v) is 21.3. The Hall–Kier alpha value is -3.49. The number of anilines is 1.